The normalized spacial score (nSPS) is 11.6. The maximum Gasteiger partial charge on any atom is 0.490 e. The molecule has 4 heterocycles. The first kappa shape index (κ1) is 35.9. The summed E-state index contributed by atoms with van der Waals surface area (Å²) in [6.45, 7) is 0.629. The molecule has 0 unspecified atom stereocenters. The Morgan fingerprint density at radius 1 is 0.889 bits per heavy atom. The number of anilines is 2. The van der Waals surface area contributed by atoms with Gasteiger partial charge in [0, 0.05) is 24.4 Å². The molecule has 14 nitrogen and oxygen atoms in total. The molecule has 242 valence electrons. The van der Waals surface area contributed by atoms with Gasteiger partial charge >= 0.3 is 12.1 Å². The average molecular weight is 892 g/mol. The van der Waals surface area contributed by atoms with Crippen LogP contribution in [0.1, 0.15) is 44.5 Å². The number of carboxylic acid groups (broad SMARTS) is 1. The van der Waals surface area contributed by atoms with Crippen LogP contribution in [0.15, 0.2) is 42.6 Å². The predicted octanol–water partition coefficient (Wildman–Crippen LogP) is 4.86. The molecule has 2 amide bonds. The minimum atomic E-state index is -5.08. The van der Waals surface area contributed by atoms with Crippen molar-refractivity contribution in [2.45, 2.75) is 19.0 Å². The monoisotopic (exact) mass is 888 g/mol. The first-order valence-electron chi connectivity index (χ1n) is 12.4. The SMILES string of the molecule is Nc1ncc(/C(=C\CNC(=O)c2cc(Br)c(Br)[nH]2)c2nc(N)[nH]c2CCCNC(=O)c2cc(Br)c(Br)[nH]2)[nH]1.O=C(O)C(F)(F)F. The van der Waals surface area contributed by atoms with Gasteiger partial charge in [0.2, 0.25) is 0 Å². The van der Waals surface area contributed by atoms with E-state index in [2.05, 4.69) is 104 Å². The molecule has 0 radical (unpaired) electrons. The number of aliphatic carboxylic acids is 1. The van der Waals surface area contributed by atoms with Gasteiger partial charge in [-0.3, -0.25) is 9.59 Å². The number of imidazole rings is 2. The first-order valence-corrected chi connectivity index (χ1v) is 15.5. The lowest BCUT2D eigenvalue weighted by molar-refractivity contribution is -0.192. The second kappa shape index (κ2) is 15.6. The van der Waals surface area contributed by atoms with Gasteiger partial charge < -0.3 is 47.1 Å². The summed E-state index contributed by atoms with van der Waals surface area (Å²) in [5, 5.41) is 12.9. The van der Waals surface area contributed by atoms with E-state index in [0.717, 1.165) is 14.6 Å². The second-order valence-electron chi connectivity index (χ2n) is 8.81. The third kappa shape index (κ3) is 10.2. The molecule has 0 saturated heterocycles. The molecule has 4 aromatic heterocycles. The number of nitrogen functional groups attached to an aromatic ring is 2. The summed E-state index contributed by atoms with van der Waals surface area (Å²) >= 11 is 13.4. The molecule has 0 spiro atoms. The van der Waals surface area contributed by atoms with Crippen molar-refractivity contribution < 1.29 is 32.7 Å². The number of carboxylic acids is 1. The highest BCUT2D eigenvalue weighted by molar-refractivity contribution is 9.13. The second-order valence-corrected chi connectivity index (χ2v) is 12.1. The van der Waals surface area contributed by atoms with Crippen molar-refractivity contribution in [1.29, 1.82) is 0 Å². The van der Waals surface area contributed by atoms with Gasteiger partial charge in [-0.25, -0.2) is 14.8 Å². The summed E-state index contributed by atoms with van der Waals surface area (Å²) in [6, 6.07) is 3.38. The Kier molecular flexibility index (Phi) is 12.5. The number of aryl methyl sites for hydroxylation is 1. The standard InChI is InChI=1S/C22H22Br4N10O2.C2HF3O2/c23-10-6-13(32-17(10)25)19(37)29-4-1-2-12-16(36-22(28)34-12)9(15-8-31-21(27)35-15)3-5-30-20(38)14-7-11(24)18(26)33-14;3-2(4,5)1(6)7/h3,6-8,32-33H,1-2,4-5H2,(H,29,37)(H,30,38)(H3,27,31,35)(H3,28,34,36);(H,6,7)/b9-3+;. The Bertz CT molecular complexity index is 1670. The zero-order chi connectivity index (χ0) is 33.5. The van der Waals surface area contributed by atoms with Crippen LogP contribution in [0.25, 0.3) is 5.57 Å². The highest BCUT2D eigenvalue weighted by atomic mass is 79.9. The topological polar surface area (TPSA) is 236 Å². The number of halogens is 7. The molecule has 0 fully saturated rings. The van der Waals surface area contributed by atoms with Gasteiger partial charge in [-0.15, -0.1) is 0 Å². The number of H-pyrrole nitrogens is 4. The molecular formula is C24H23Br4F3N10O4. The van der Waals surface area contributed by atoms with Crippen LogP contribution >= 0.6 is 63.7 Å². The van der Waals surface area contributed by atoms with Gasteiger partial charge in [0.05, 0.1) is 35.7 Å². The van der Waals surface area contributed by atoms with Crippen LogP contribution in [-0.2, 0) is 11.2 Å². The number of nitrogens with two attached hydrogens (primary N) is 2. The number of alkyl halides is 3. The Labute approximate surface area is 285 Å². The third-order valence-corrected chi connectivity index (χ3v) is 9.14. The summed E-state index contributed by atoms with van der Waals surface area (Å²) in [5.41, 5.74) is 15.3. The number of aromatic amines is 4. The van der Waals surface area contributed by atoms with Crippen molar-refractivity contribution >= 4 is 99.0 Å². The van der Waals surface area contributed by atoms with Crippen molar-refractivity contribution in [3.05, 3.63) is 71.0 Å². The lowest BCUT2D eigenvalue weighted by Gasteiger charge is -2.08. The van der Waals surface area contributed by atoms with Crippen molar-refractivity contribution in [1.82, 2.24) is 40.5 Å². The molecule has 0 aliphatic heterocycles. The number of carbonyl (C=O) groups is 3. The van der Waals surface area contributed by atoms with E-state index >= 15 is 0 Å². The van der Waals surface area contributed by atoms with Crippen LogP contribution in [0.2, 0.25) is 0 Å². The summed E-state index contributed by atoms with van der Waals surface area (Å²) in [4.78, 5) is 54.4. The largest absolute Gasteiger partial charge is 0.490 e. The van der Waals surface area contributed by atoms with Crippen LogP contribution in [0.4, 0.5) is 25.1 Å². The van der Waals surface area contributed by atoms with E-state index < -0.39 is 12.1 Å². The minimum absolute atomic E-state index is 0.199. The van der Waals surface area contributed by atoms with E-state index in [-0.39, 0.29) is 30.3 Å². The van der Waals surface area contributed by atoms with Crippen molar-refractivity contribution in [2.24, 2.45) is 0 Å². The Morgan fingerprint density at radius 2 is 1.44 bits per heavy atom. The molecule has 45 heavy (non-hydrogen) atoms. The van der Waals surface area contributed by atoms with Crippen LogP contribution < -0.4 is 22.1 Å². The summed E-state index contributed by atoms with van der Waals surface area (Å²) < 4.78 is 34.6. The van der Waals surface area contributed by atoms with E-state index in [1.54, 1.807) is 24.4 Å². The van der Waals surface area contributed by atoms with E-state index in [1.165, 1.54) is 0 Å². The number of rotatable bonds is 10. The number of hydrogen-bond donors (Lipinski definition) is 9. The van der Waals surface area contributed by atoms with Crippen LogP contribution in [0, 0.1) is 0 Å². The van der Waals surface area contributed by atoms with Crippen LogP contribution in [-0.4, -0.2) is 72.1 Å². The van der Waals surface area contributed by atoms with Crippen molar-refractivity contribution in [2.75, 3.05) is 24.6 Å². The Hall–Kier alpha value is -3.56. The fourth-order valence-corrected chi connectivity index (χ4v) is 4.91. The lowest BCUT2D eigenvalue weighted by atomic mass is 10.0. The maximum absolute atomic E-state index is 12.6. The van der Waals surface area contributed by atoms with Crippen molar-refractivity contribution in [3.63, 3.8) is 0 Å². The minimum Gasteiger partial charge on any atom is -0.475 e. The maximum atomic E-state index is 12.6. The number of hydrogen-bond acceptors (Lipinski definition) is 7. The zero-order valence-corrected chi connectivity index (χ0v) is 28.8. The van der Waals surface area contributed by atoms with Gasteiger partial charge in [-0.2, -0.15) is 13.2 Å². The van der Waals surface area contributed by atoms with E-state index in [0.29, 0.717) is 56.9 Å². The number of carbonyl (C=O) groups excluding carboxylic acids is 2. The molecule has 0 bridgehead atoms. The molecule has 11 N–H and O–H groups in total. The fourth-order valence-electron chi connectivity index (χ4n) is 3.60. The first-order chi connectivity index (χ1) is 21.1. The molecule has 0 atom stereocenters. The molecule has 4 aromatic rings. The van der Waals surface area contributed by atoms with E-state index in [1.807, 2.05) is 0 Å². The van der Waals surface area contributed by atoms with Gasteiger partial charge in [0.15, 0.2) is 11.9 Å². The molecule has 0 aliphatic carbocycles. The van der Waals surface area contributed by atoms with Crippen LogP contribution in [0.3, 0.4) is 0 Å². The molecule has 0 aliphatic rings. The highest BCUT2D eigenvalue weighted by Crippen LogP contribution is 2.27. The zero-order valence-electron chi connectivity index (χ0n) is 22.5. The lowest BCUT2D eigenvalue weighted by Crippen LogP contribution is -2.25. The summed E-state index contributed by atoms with van der Waals surface area (Å²) in [7, 11) is 0. The van der Waals surface area contributed by atoms with E-state index in [9.17, 15) is 22.8 Å². The third-order valence-electron chi connectivity index (χ3n) is 5.58. The number of amides is 2. The van der Waals surface area contributed by atoms with Crippen molar-refractivity contribution in [3.8, 4) is 0 Å². The molecule has 0 saturated carbocycles. The van der Waals surface area contributed by atoms with Gasteiger partial charge in [-0.05, 0) is 88.7 Å². The summed E-state index contributed by atoms with van der Waals surface area (Å²) in [6.07, 6.45) is -0.520. The van der Waals surface area contributed by atoms with Gasteiger partial charge in [0.25, 0.3) is 11.8 Å². The number of aromatic nitrogens is 6. The fraction of sp³-hybridized carbons (Fsp3) is 0.208. The number of nitrogens with one attached hydrogen (secondary N) is 6. The molecule has 0 aromatic carbocycles. The predicted molar refractivity (Wildman–Crippen MR) is 172 cm³/mol. The molecule has 4 rings (SSSR count). The van der Waals surface area contributed by atoms with Crippen LogP contribution in [0.5, 0.6) is 0 Å². The Morgan fingerprint density at radius 3 is 1.91 bits per heavy atom. The highest BCUT2D eigenvalue weighted by Gasteiger charge is 2.38. The van der Waals surface area contributed by atoms with Gasteiger partial charge in [-0.1, -0.05) is 6.08 Å². The average Bonchev–Trinajstić information content (AvgIpc) is 3.72. The van der Waals surface area contributed by atoms with Gasteiger partial charge in [0.1, 0.15) is 11.4 Å². The quantitative estimate of drug-likeness (QED) is 0.0995. The number of nitrogens with zero attached hydrogens (tertiary/aromatic N) is 2. The molecular weight excluding hydrogens is 869 g/mol. The smallest absolute Gasteiger partial charge is 0.475 e. The molecule has 21 heteroatoms. The Balaban J connectivity index is 0.000000707. The summed E-state index contributed by atoms with van der Waals surface area (Å²) in [5.74, 6) is -2.77. The van der Waals surface area contributed by atoms with E-state index in [4.69, 9.17) is 21.4 Å².